The van der Waals surface area contributed by atoms with Crippen LogP contribution in [0.5, 0.6) is 5.75 Å². The Morgan fingerprint density at radius 2 is 2.05 bits per heavy atom. The number of H-pyrrole nitrogens is 1. The van der Waals surface area contributed by atoms with Crippen LogP contribution in [-0.2, 0) is 6.54 Å². The van der Waals surface area contributed by atoms with Gasteiger partial charge in [-0.15, -0.1) is 6.58 Å². The summed E-state index contributed by atoms with van der Waals surface area (Å²) < 4.78 is 8.44. The molecule has 0 aliphatic heterocycles. The summed E-state index contributed by atoms with van der Waals surface area (Å²) in [4.78, 5) is 0. The van der Waals surface area contributed by atoms with Crippen LogP contribution >= 0.6 is 12.2 Å². The molecule has 106 valence electrons. The topological polar surface area (TPSA) is 42.8 Å². The fourth-order valence-corrected chi connectivity index (χ4v) is 2.42. The van der Waals surface area contributed by atoms with Crippen LogP contribution in [0.3, 0.4) is 0 Å². The second kappa shape index (κ2) is 6.05. The minimum atomic E-state index is -0.191. The Morgan fingerprint density at radius 1 is 1.40 bits per heavy atom. The first-order valence-electron chi connectivity index (χ1n) is 6.52. The highest BCUT2D eigenvalue weighted by Crippen LogP contribution is 2.23. The number of hydrogen-bond donors (Lipinski definition) is 1. The van der Waals surface area contributed by atoms with Crippen molar-refractivity contribution in [2.24, 2.45) is 0 Å². The molecule has 0 saturated heterocycles. The number of aryl methyl sites for hydroxylation is 2. The van der Waals surface area contributed by atoms with Gasteiger partial charge >= 0.3 is 0 Å². The molecule has 0 aliphatic rings. The van der Waals surface area contributed by atoms with Crippen LogP contribution in [-0.4, -0.2) is 14.8 Å². The molecule has 1 aromatic carbocycles. The average molecular weight is 289 g/mol. The SMILES string of the molecule is C=CCn1c([C@H](C)Oc2cc(C)cc(C)c2)n[nH]c1=S. The molecular weight excluding hydrogens is 270 g/mol. The minimum Gasteiger partial charge on any atom is -0.483 e. The Balaban J connectivity index is 2.25. The number of allylic oxidation sites excluding steroid dienone is 1. The van der Waals surface area contributed by atoms with Gasteiger partial charge in [-0.2, -0.15) is 5.10 Å². The number of aromatic nitrogens is 3. The first kappa shape index (κ1) is 14.5. The van der Waals surface area contributed by atoms with Crippen molar-refractivity contribution < 1.29 is 4.74 Å². The summed E-state index contributed by atoms with van der Waals surface area (Å²) >= 11 is 5.21. The number of nitrogens with one attached hydrogen (secondary N) is 1. The van der Waals surface area contributed by atoms with E-state index in [4.69, 9.17) is 17.0 Å². The summed E-state index contributed by atoms with van der Waals surface area (Å²) in [6.45, 7) is 10.4. The molecule has 0 saturated carbocycles. The molecule has 0 amide bonds. The lowest BCUT2D eigenvalue weighted by atomic mass is 10.1. The Kier molecular flexibility index (Phi) is 4.39. The van der Waals surface area contributed by atoms with E-state index in [0.717, 1.165) is 11.6 Å². The van der Waals surface area contributed by atoms with E-state index in [0.29, 0.717) is 11.3 Å². The van der Waals surface area contributed by atoms with Crippen LogP contribution in [0, 0.1) is 18.6 Å². The Labute approximate surface area is 124 Å². The molecule has 0 fully saturated rings. The van der Waals surface area contributed by atoms with Gasteiger partial charge in [0, 0.05) is 6.54 Å². The highest BCUT2D eigenvalue weighted by molar-refractivity contribution is 7.71. The van der Waals surface area contributed by atoms with E-state index in [1.165, 1.54) is 11.1 Å². The van der Waals surface area contributed by atoms with Crippen LogP contribution in [0.25, 0.3) is 0 Å². The summed E-state index contributed by atoms with van der Waals surface area (Å²) in [5.74, 6) is 1.61. The van der Waals surface area contributed by atoms with Crippen LogP contribution in [0.2, 0.25) is 0 Å². The molecule has 0 unspecified atom stereocenters. The van der Waals surface area contributed by atoms with Gasteiger partial charge in [0.1, 0.15) is 5.75 Å². The number of ether oxygens (including phenoxy) is 1. The van der Waals surface area contributed by atoms with Crippen LogP contribution < -0.4 is 4.74 Å². The summed E-state index contributed by atoms with van der Waals surface area (Å²) in [6.07, 6.45) is 1.60. The van der Waals surface area contributed by atoms with Crippen molar-refractivity contribution in [2.75, 3.05) is 0 Å². The molecule has 2 aromatic rings. The van der Waals surface area contributed by atoms with Crippen molar-refractivity contribution in [3.8, 4) is 5.75 Å². The Morgan fingerprint density at radius 3 is 2.65 bits per heavy atom. The van der Waals surface area contributed by atoms with E-state index in [2.05, 4.69) is 36.7 Å². The maximum absolute atomic E-state index is 5.98. The zero-order chi connectivity index (χ0) is 14.7. The predicted molar refractivity (Wildman–Crippen MR) is 82.6 cm³/mol. The molecule has 0 aliphatic carbocycles. The fourth-order valence-electron chi connectivity index (χ4n) is 2.20. The van der Waals surface area contributed by atoms with Crippen LogP contribution in [0.1, 0.15) is 30.0 Å². The van der Waals surface area contributed by atoms with Gasteiger partial charge in [0.15, 0.2) is 16.7 Å². The molecule has 0 radical (unpaired) electrons. The average Bonchev–Trinajstić information content (AvgIpc) is 2.70. The number of benzene rings is 1. The van der Waals surface area contributed by atoms with Crippen molar-refractivity contribution in [3.05, 3.63) is 52.6 Å². The monoisotopic (exact) mass is 289 g/mol. The molecule has 0 bridgehead atoms. The first-order chi connectivity index (χ1) is 9.51. The standard InChI is InChI=1S/C15H19N3OS/c1-5-6-18-14(16-17-15(18)20)12(4)19-13-8-10(2)7-11(3)9-13/h5,7-9,12H,1,6H2,2-4H3,(H,17,20)/t12-/m0/s1. The van der Waals surface area contributed by atoms with Gasteiger partial charge in [0.2, 0.25) is 0 Å². The Hall–Kier alpha value is -1.88. The van der Waals surface area contributed by atoms with E-state index in [-0.39, 0.29) is 6.10 Å². The first-order valence-corrected chi connectivity index (χ1v) is 6.93. The number of hydrogen-bond acceptors (Lipinski definition) is 3. The largest absolute Gasteiger partial charge is 0.483 e. The quantitative estimate of drug-likeness (QED) is 0.671. The van der Waals surface area contributed by atoms with Crippen molar-refractivity contribution in [2.45, 2.75) is 33.4 Å². The van der Waals surface area contributed by atoms with Gasteiger partial charge in [-0.05, 0) is 56.2 Å². The molecule has 1 atom stereocenters. The van der Waals surface area contributed by atoms with Gasteiger partial charge in [0.25, 0.3) is 0 Å². The van der Waals surface area contributed by atoms with E-state index < -0.39 is 0 Å². The third-order valence-electron chi connectivity index (χ3n) is 2.97. The smallest absolute Gasteiger partial charge is 0.195 e. The lowest BCUT2D eigenvalue weighted by Crippen LogP contribution is -2.11. The van der Waals surface area contributed by atoms with E-state index in [9.17, 15) is 0 Å². The maximum atomic E-state index is 5.98. The second-order valence-electron chi connectivity index (χ2n) is 4.87. The summed E-state index contributed by atoms with van der Waals surface area (Å²) in [7, 11) is 0. The predicted octanol–water partition coefficient (Wildman–Crippen LogP) is 3.88. The molecule has 1 aromatic heterocycles. The lowest BCUT2D eigenvalue weighted by molar-refractivity contribution is 0.211. The molecule has 2 rings (SSSR count). The molecular formula is C15H19N3OS. The van der Waals surface area contributed by atoms with Gasteiger partial charge in [-0.1, -0.05) is 12.1 Å². The van der Waals surface area contributed by atoms with Crippen molar-refractivity contribution in [1.82, 2.24) is 14.8 Å². The Bertz CT molecular complexity index is 652. The van der Waals surface area contributed by atoms with Gasteiger partial charge in [-0.25, -0.2) is 0 Å². The number of rotatable bonds is 5. The van der Waals surface area contributed by atoms with E-state index >= 15 is 0 Å². The summed E-state index contributed by atoms with van der Waals surface area (Å²) in [5, 5.41) is 7.05. The highest BCUT2D eigenvalue weighted by Gasteiger charge is 2.15. The molecule has 20 heavy (non-hydrogen) atoms. The van der Waals surface area contributed by atoms with Crippen molar-refractivity contribution in [3.63, 3.8) is 0 Å². The minimum absolute atomic E-state index is 0.191. The number of aromatic amines is 1. The second-order valence-corrected chi connectivity index (χ2v) is 5.26. The van der Waals surface area contributed by atoms with Crippen LogP contribution in [0.4, 0.5) is 0 Å². The van der Waals surface area contributed by atoms with E-state index in [1.807, 2.05) is 23.6 Å². The fraction of sp³-hybridized carbons (Fsp3) is 0.333. The molecule has 5 heteroatoms. The summed E-state index contributed by atoms with van der Waals surface area (Å²) in [6, 6.07) is 6.15. The van der Waals surface area contributed by atoms with Crippen molar-refractivity contribution in [1.29, 1.82) is 0 Å². The third-order valence-corrected chi connectivity index (χ3v) is 3.28. The molecule has 1 heterocycles. The molecule has 4 nitrogen and oxygen atoms in total. The summed E-state index contributed by atoms with van der Waals surface area (Å²) in [5.41, 5.74) is 2.36. The highest BCUT2D eigenvalue weighted by atomic mass is 32.1. The van der Waals surface area contributed by atoms with Gasteiger partial charge in [0.05, 0.1) is 0 Å². The number of nitrogens with zero attached hydrogens (tertiary/aromatic N) is 2. The zero-order valence-corrected chi connectivity index (χ0v) is 12.8. The lowest BCUT2D eigenvalue weighted by Gasteiger charge is -2.15. The van der Waals surface area contributed by atoms with Crippen molar-refractivity contribution >= 4 is 12.2 Å². The van der Waals surface area contributed by atoms with Gasteiger partial charge < -0.3 is 4.74 Å². The third kappa shape index (κ3) is 3.17. The van der Waals surface area contributed by atoms with Gasteiger partial charge in [-0.3, -0.25) is 9.67 Å². The van der Waals surface area contributed by atoms with Crippen LogP contribution in [0.15, 0.2) is 30.9 Å². The zero-order valence-electron chi connectivity index (χ0n) is 12.0. The normalized spacial score (nSPS) is 12.2. The molecule has 0 spiro atoms. The van der Waals surface area contributed by atoms with E-state index in [1.54, 1.807) is 6.08 Å². The maximum Gasteiger partial charge on any atom is 0.195 e. The molecule has 1 N–H and O–H groups in total.